The molecule has 5 nitrogen and oxygen atoms in total. The fourth-order valence-electron chi connectivity index (χ4n) is 1.63. The lowest BCUT2D eigenvalue weighted by Gasteiger charge is -2.20. The van der Waals surface area contributed by atoms with Crippen molar-refractivity contribution in [2.75, 3.05) is 57.0 Å². The van der Waals surface area contributed by atoms with Gasteiger partial charge in [0.2, 0.25) is 5.39 Å². The van der Waals surface area contributed by atoms with Gasteiger partial charge in [-0.05, 0) is 12.1 Å². The molecule has 0 saturated heterocycles. The molecule has 17 heavy (non-hydrogen) atoms. The molecule has 0 spiro atoms. The van der Waals surface area contributed by atoms with Crippen molar-refractivity contribution in [2.24, 2.45) is 0 Å². The van der Waals surface area contributed by atoms with Crippen molar-refractivity contribution in [3.05, 3.63) is 17.1 Å². The zero-order chi connectivity index (χ0) is 13.2. The SMILES string of the molecule is CN(C)c1cc(N(C)C)c([N+]#N)c(N(C)C)c1. The Labute approximate surface area is 103 Å². The van der Waals surface area contributed by atoms with E-state index in [2.05, 4.69) is 4.98 Å². The van der Waals surface area contributed by atoms with E-state index in [-0.39, 0.29) is 0 Å². The van der Waals surface area contributed by atoms with Crippen LogP contribution in [0.1, 0.15) is 0 Å². The molecule has 0 radical (unpaired) electrons. The Morgan fingerprint density at radius 1 is 0.824 bits per heavy atom. The minimum absolute atomic E-state index is 0.589. The van der Waals surface area contributed by atoms with Gasteiger partial charge in [0.25, 0.3) is 0 Å². The summed E-state index contributed by atoms with van der Waals surface area (Å²) in [7, 11) is 11.7. The van der Waals surface area contributed by atoms with Gasteiger partial charge in [0.1, 0.15) is 11.4 Å². The van der Waals surface area contributed by atoms with Crippen LogP contribution >= 0.6 is 0 Å². The molecule has 1 aromatic rings. The predicted molar refractivity (Wildman–Crippen MR) is 74.2 cm³/mol. The molecule has 0 atom stereocenters. The second-order valence-electron chi connectivity index (χ2n) is 4.62. The normalized spacial score (nSPS) is 9.71. The van der Waals surface area contributed by atoms with Gasteiger partial charge in [-0.3, -0.25) is 0 Å². The summed E-state index contributed by atoms with van der Waals surface area (Å²) in [5, 5.41) is 9.18. The molecule has 0 aliphatic carbocycles. The molecule has 1 rings (SSSR count). The Morgan fingerprint density at radius 3 is 1.47 bits per heavy atom. The lowest BCUT2D eigenvalue weighted by molar-refractivity contribution is 1.08. The largest absolute Gasteiger partial charge is 0.431 e. The van der Waals surface area contributed by atoms with Crippen molar-refractivity contribution in [1.82, 2.24) is 0 Å². The first-order chi connectivity index (χ1) is 7.88. The number of hydrogen-bond acceptors (Lipinski definition) is 4. The van der Waals surface area contributed by atoms with Gasteiger partial charge < -0.3 is 14.7 Å². The summed E-state index contributed by atoms with van der Waals surface area (Å²) in [6.45, 7) is 0. The van der Waals surface area contributed by atoms with Crippen LogP contribution in [0.15, 0.2) is 12.1 Å². The van der Waals surface area contributed by atoms with Crippen molar-refractivity contribution >= 4 is 22.7 Å². The molecule has 1 aromatic carbocycles. The van der Waals surface area contributed by atoms with Crippen molar-refractivity contribution < 1.29 is 0 Å². The van der Waals surface area contributed by atoms with Gasteiger partial charge in [0.05, 0.1) is 0 Å². The summed E-state index contributed by atoms with van der Waals surface area (Å²) in [5.41, 5.74) is 3.44. The van der Waals surface area contributed by atoms with Crippen LogP contribution < -0.4 is 14.7 Å². The summed E-state index contributed by atoms with van der Waals surface area (Å²) in [4.78, 5) is 9.32. The number of diazo groups is 1. The monoisotopic (exact) mass is 234 g/mol. The second-order valence-corrected chi connectivity index (χ2v) is 4.62. The van der Waals surface area contributed by atoms with Gasteiger partial charge in [-0.2, -0.15) is 0 Å². The lowest BCUT2D eigenvalue weighted by Crippen LogP contribution is -2.16. The van der Waals surface area contributed by atoms with Crippen LogP contribution in [-0.4, -0.2) is 42.3 Å². The van der Waals surface area contributed by atoms with Crippen LogP contribution in [0.2, 0.25) is 0 Å². The highest BCUT2D eigenvalue weighted by molar-refractivity contribution is 5.88. The number of hydrogen-bond donors (Lipinski definition) is 0. The van der Waals surface area contributed by atoms with E-state index >= 15 is 0 Å². The van der Waals surface area contributed by atoms with E-state index in [9.17, 15) is 5.39 Å². The first-order valence-electron chi connectivity index (χ1n) is 5.43. The zero-order valence-electron chi connectivity index (χ0n) is 11.4. The molecule has 0 heterocycles. The maximum atomic E-state index is 9.18. The standard InChI is InChI=1S/C12H20N5/c1-15(2)9-7-10(16(3)4)12(14-13)11(8-9)17(5)6/h7-8H,1-6H3/q+1. The zero-order valence-corrected chi connectivity index (χ0v) is 11.4. The number of anilines is 3. The maximum Gasteiger partial charge on any atom is 0.431 e. The molecule has 0 unspecified atom stereocenters. The van der Waals surface area contributed by atoms with Gasteiger partial charge in [-0.15, -0.1) is 0 Å². The van der Waals surface area contributed by atoms with Crippen molar-refractivity contribution in [3.63, 3.8) is 0 Å². The fourth-order valence-corrected chi connectivity index (χ4v) is 1.63. The summed E-state index contributed by atoms with van der Waals surface area (Å²) < 4.78 is 0. The highest BCUT2D eigenvalue weighted by Crippen LogP contribution is 2.40. The Balaban J connectivity index is 3.53. The van der Waals surface area contributed by atoms with E-state index in [0.717, 1.165) is 17.1 Å². The third-order valence-corrected chi connectivity index (χ3v) is 2.63. The number of rotatable bonds is 3. The van der Waals surface area contributed by atoms with Crippen LogP contribution in [0.4, 0.5) is 22.7 Å². The van der Waals surface area contributed by atoms with E-state index in [1.807, 2.05) is 69.1 Å². The van der Waals surface area contributed by atoms with Gasteiger partial charge in [-0.1, -0.05) is 0 Å². The molecule has 0 amide bonds. The van der Waals surface area contributed by atoms with Gasteiger partial charge >= 0.3 is 5.69 Å². The third-order valence-electron chi connectivity index (χ3n) is 2.63. The van der Waals surface area contributed by atoms with Crippen LogP contribution in [0, 0.1) is 5.39 Å². The quantitative estimate of drug-likeness (QED) is 0.753. The van der Waals surface area contributed by atoms with Crippen LogP contribution in [0.3, 0.4) is 0 Å². The van der Waals surface area contributed by atoms with Crippen molar-refractivity contribution in [2.45, 2.75) is 0 Å². The Morgan fingerprint density at radius 2 is 1.24 bits per heavy atom. The summed E-state index contributed by atoms with van der Waals surface area (Å²) >= 11 is 0. The van der Waals surface area contributed by atoms with Crippen LogP contribution in [0.25, 0.3) is 4.98 Å². The number of nitrogens with zero attached hydrogens (tertiary/aromatic N) is 5. The van der Waals surface area contributed by atoms with Crippen molar-refractivity contribution in [3.8, 4) is 0 Å². The summed E-state index contributed by atoms with van der Waals surface area (Å²) in [6, 6.07) is 4.00. The van der Waals surface area contributed by atoms with Crippen LogP contribution in [-0.2, 0) is 0 Å². The first kappa shape index (κ1) is 13.1. The Kier molecular flexibility index (Phi) is 3.79. The topological polar surface area (TPSA) is 37.9 Å². The van der Waals surface area contributed by atoms with E-state index in [4.69, 9.17) is 0 Å². The minimum atomic E-state index is 0.589. The highest BCUT2D eigenvalue weighted by Gasteiger charge is 2.24. The second kappa shape index (κ2) is 4.91. The minimum Gasteiger partial charge on any atom is -0.378 e. The fraction of sp³-hybridized carbons (Fsp3) is 0.500. The highest BCUT2D eigenvalue weighted by atomic mass is 15.1. The Bertz CT molecular complexity index is 414. The van der Waals surface area contributed by atoms with Crippen molar-refractivity contribution in [1.29, 1.82) is 5.39 Å². The molecule has 0 N–H and O–H groups in total. The summed E-state index contributed by atoms with van der Waals surface area (Å²) in [5.74, 6) is 0. The molecule has 0 fully saturated rings. The van der Waals surface area contributed by atoms with Crippen LogP contribution in [0.5, 0.6) is 0 Å². The van der Waals surface area contributed by atoms with E-state index in [1.165, 1.54) is 0 Å². The lowest BCUT2D eigenvalue weighted by atomic mass is 10.1. The average Bonchev–Trinajstić information content (AvgIpc) is 2.26. The Hall–Kier alpha value is -1.96. The molecule has 0 bridgehead atoms. The molecule has 92 valence electrons. The first-order valence-corrected chi connectivity index (χ1v) is 5.43. The molecule has 5 heteroatoms. The summed E-state index contributed by atoms with van der Waals surface area (Å²) in [6.07, 6.45) is 0. The molecule has 0 aliphatic heterocycles. The molecular formula is C12H20N5+. The molecule has 0 aliphatic rings. The molecule has 0 saturated carbocycles. The average molecular weight is 234 g/mol. The third kappa shape index (κ3) is 2.59. The van der Waals surface area contributed by atoms with E-state index in [1.54, 1.807) is 0 Å². The molecular weight excluding hydrogens is 214 g/mol. The maximum absolute atomic E-state index is 9.18. The van der Waals surface area contributed by atoms with Gasteiger partial charge in [0.15, 0.2) is 4.98 Å². The predicted octanol–water partition coefficient (Wildman–Crippen LogP) is 2.37. The van der Waals surface area contributed by atoms with E-state index < -0.39 is 0 Å². The van der Waals surface area contributed by atoms with Gasteiger partial charge in [0, 0.05) is 48.0 Å². The smallest absolute Gasteiger partial charge is 0.378 e. The molecule has 0 aromatic heterocycles. The number of benzene rings is 1. The van der Waals surface area contributed by atoms with Gasteiger partial charge in [-0.25, -0.2) is 0 Å². The van der Waals surface area contributed by atoms with E-state index in [0.29, 0.717) is 5.69 Å².